The third-order valence-electron chi connectivity index (χ3n) is 3.32. The van der Waals surface area contributed by atoms with E-state index in [1.807, 2.05) is 0 Å². The Labute approximate surface area is 100.0 Å². The average Bonchev–Trinajstić information content (AvgIpc) is 2.19. The Morgan fingerprint density at radius 2 is 1.73 bits per heavy atom. The minimum atomic E-state index is 0.478. The molecule has 0 spiro atoms. The van der Waals surface area contributed by atoms with Crippen molar-refractivity contribution in [2.75, 3.05) is 13.1 Å². The van der Waals surface area contributed by atoms with Crippen LogP contribution in [0.3, 0.4) is 0 Å². The van der Waals surface area contributed by atoms with Gasteiger partial charge in [0.15, 0.2) is 0 Å². The van der Waals surface area contributed by atoms with Gasteiger partial charge in [-0.2, -0.15) is 0 Å². The number of alkyl halides is 1. The fourth-order valence-electron chi connectivity index (χ4n) is 2.16. The van der Waals surface area contributed by atoms with Crippen molar-refractivity contribution in [2.45, 2.75) is 63.7 Å². The molecular weight excluding hydrogens is 206 g/mol. The molecule has 1 rings (SSSR count). The second kappa shape index (κ2) is 8.41. The van der Waals surface area contributed by atoms with Gasteiger partial charge in [0.25, 0.3) is 0 Å². The van der Waals surface area contributed by atoms with Gasteiger partial charge in [-0.15, -0.1) is 11.6 Å². The molecule has 0 aromatic carbocycles. The Bertz CT molecular complexity index is 143. The van der Waals surface area contributed by atoms with E-state index >= 15 is 0 Å². The van der Waals surface area contributed by atoms with Gasteiger partial charge in [0.2, 0.25) is 0 Å². The van der Waals surface area contributed by atoms with Gasteiger partial charge in [0.05, 0.1) is 0 Å². The zero-order chi connectivity index (χ0) is 10.9. The molecule has 0 atom stereocenters. The van der Waals surface area contributed by atoms with Crippen LogP contribution in [-0.4, -0.2) is 18.5 Å². The van der Waals surface area contributed by atoms with Crippen molar-refractivity contribution in [3.8, 4) is 0 Å². The largest absolute Gasteiger partial charge is 0.316 e. The summed E-state index contributed by atoms with van der Waals surface area (Å²) in [6.07, 6.45) is 10.8. The topological polar surface area (TPSA) is 12.0 Å². The predicted octanol–water partition coefficient (Wildman–Crippen LogP) is 3.95. The lowest BCUT2D eigenvalue weighted by atomic mass is 9.85. The van der Waals surface area contributed by atoms with Gasteiger partial charge in [-0.1, -0.05) is 39.0 Å². The van der Waals surface area contributed by atoms with Crippen LogP contribution in [-0.2, 0) is 0 Å². The van der Waals surface area contributed by atoms with Crippen LogP contribution >= 0.6 is 11.6 Å². The fourth-order valence-corrected chi connectivity index (χ4v) is 2.66. The summed E-state index contributed by atoms with van der Waals surface area (Å²) in [5.74, 6) is 0.868. The highest BCUT2D eigenvalue weighted by Gasteiger charge is 2.26. The molecule has 1 N–H and O–H groups in total. The van der Waals surface area contributed by atoms with E-state index < -0.39 is 0 Å². The first-order valence-corrected chi connectivity index (χ1v) is 7.11. The normalized spacial score (nSPS) is 25.2. The van der Waals surface area contributed by atoms with Gasteiger partial charge in [-0.25, -0.2) is 0 Å². The Morgan fingerprint density at radius 3 is 2.40 bits per heavy atom. The molecule has 2 heteroatoms. The Hall–Kier alpha value is 0.250. The highest BCUT2D eigenvalue weighted by atomic mass is 35.5. The van der Waals surface area contributed by atoms with E-state index in [0.717, 1.165) is 5.92 Å². The quantitative estimate of drug-likeness (QED) is 0.468. The Kier molecular flexibility index (Phi) is 7.46. The van der Waals surface area contributed by atoms with E-state index in [1.54, 1.807) is 0 Å². The Morgan fingerprint density at radius 1 is 1.07 bits per heavy atom. The minimum absolute atomic E-state index is 0.478. The number of hydrogen-bond acceptors (Lipinski definition) is 1. The highest BCUT2D eigenvalue weighted by Crippen LogP contribution is 2.30. The van der Waals surface area contributed by atoms with E-state index in [-0.39, 0.29) is 0 Å². The second-order valence-electron chi connectivity index (χ2n) is 4.91. The molecule has 0 heterocycles. The monoisotopic (exact) mass is 231 g/mol. The molecule has 1 aliphatic carbocycles. The zero-order valence-electron chi connectivity index (χ0n) is 10.1. The number of halogens is 1. The van der Waals surface area contributed by atoms with E-state index in [2.05, 4.69) is 12.2 Å². The lowest BCUT2D eigenvalue weighted by Crippen LogP contribution is -2.33. The lowest BCUT2D eigenvalue weighted by Gasteiger charge is -2.30. The van der Waals surface area contributed by atoms with Crippen LogP contribution in [0.5, 0.6) is 0 Å². The first-order chi connectivity index (χ1) is 7.33. The van der Waals surface area contributed by atoms with Crippen LogP contribution in [0.15, 0.2) is 0 Å². The Balaban J connectivity index is 1.70. The number of rotatable bonds is 9. The predicted molar refractivity (Wildman–Crippen MR) is 68.6 cm³/mol. The van der Waals surface area contributed by atoms with Crippen LogP contribution in [0.2, 0.25) is 0 Å². The standard InChI is InChI=1S/C13H26ClN/c1-2-3-4-5-6-7-8-15-11-12-9-13(14)10-12/h12-13,15H,2-11H2,1H3. The molecule has 1 aliphatic rings. The van der Waals surface area contributed by atoms with Crippen molar-refractivity contribution >= 4 is 11.6 Å². The summed E-state index contributed by atoms with van der Waals surface area (Å²) >= 11 is 5.93. The summed E-state index contributed by atoms with van der Waals surface area (Å²) in [5, 5.41) is 4.02. The lowest BCUT2D eigenvalue weighted by molar-refractivity contribution is 0.308. The summed E-state index contributed by atoms with van der Waals surface area (Å²) in [6.45, 7) is 4.66. The molecule has 0 aromatic rings. The van der Waals surface area contributed by atoms with Gasteiger partial charge >= 0.3 is 0 Å². The average molecular weight is 232 g/mol. The molecule has 1 saturated carbocycles. The highest BCUT2D eigenvalue weighted by molar-refractivity contribution is 6.21. The molecular formula is C13H26ClN. The second-order valence-corrected chi connectivity index (χ2v) is 5.52. The molecule has 90 valence electrons. The fraction of sp³-hybridized carbons (Fsp3) is 1.00. The number of hydrogen-bond donors (Lipinski definition) is 1. The summed E-state index contributed by atoms with van der Waals surface area (Å²) < 4.78 is 0. The van der Waals surface area contributed by atoms with Crippen molar-refractivity contribution in [3.05, 3.63) is 0 Å². The molecule has 1 fully saturated rings. The first-order valence-electron chi connectivity index (χ1n) is 6.67. The van der Waals surface area contributed by atoms with Gasteiger partial charge in [0, 0.05) is 5.38 Å². The number of nitrogens with one attached hydrogen (secondary N) is 1. The molecule has 0 aliphatic heterocycles. The van der Waals surface area contributed by atoms with E-state index in [0.29, 0.717) is 5.38 Å². The molecule has 0 amide bonds. The van der Waals surface area contributed by atoms with E-state index in [4.69, 9.17) is 11.6 Å². The van der Waals surface area contributed by atoms with Crippen molar-refractivity contribution in [1.82, 2.24) is 5.32 Å². The van der Waals surface area contributed by atoms with Crippen LogP contribution in [0.4, 0.5) is 0 Å². The van der Waals surface area contributed by atoms with E-state index in [9.17, 15) is 0 Å². The first kappa shape index (κ1) is 13.3. The van der Waals surface area contributed by atoms with Crippen LogP contribution in [0.1, 0.15) is 58.3 Å². The smallest absolute Gasteiger partial charge is 0.0342 e. The van der Waals surface area contributed by atoms with Crippen LogP contribution in [0, 0.1) is 5.92 Å². The van der Waals surface area contributed by atoms with Crippen molar-refractivity contribution in [2.24, 2.45) is 5.92 Å². The molecule has 1 nitrogen and oxygen atoms in total. The van der Waals surface area contributed by atoms with Crippen LogP contribution < -0.4 is 5.32 Å². The van der Waals surface area contributed by atoms with Crippen molar-refractivity contribution < 1.29 is 0 Å². The van der Waals surface area contributed by atoms with Gasteiger partial charge in [-0.3, -0.25) is 0 Å². The number of unbranched alkanes of at least 4 members (excludes halogenated alkanes) is 5. The minimum Gasteiger partial charge on any atom is -0.316 e. The van der Waals surface area contributed by atoms with Gasteiger partial charge < -0.3 is 5.32 Å². The third kappa shape index (κ3) is 6.42. The van der Waals surface area contributed by atoms with Crippen molar-refractivity contribution in [3.63, 3.8) is 0 Å². The molecule has 0 bridgehead atoms. The van der Waals surface area contributed by atoms with E-state index in [1.165, 1.54) is 64.5 Å². The van der Waals surface area contributed by atoms with Gasteiger partial charge in [-0.05, 0) is 38.3 Å². The summed E-state index contributed by atoms with van der Waals surface area (Å²) in [4.78, 5) is 0. The summed E-state index contributed by atoms with van der Waals surface area (Å²) in [6, 6.07) is 0. The zero-order valence-corrected chi connectivity index (χ0v) is 10.9. The maximum atomic E-state index is 5.93. The maximum absolute atomic E-state index is 5.93. The summed E-state index contributed by atoms with van der Waals surface area (Å²) in [7, 11) is 0. The molecule has 0 radical (unpaired) electrons. The third-order valence-corrected chi connectivity index (χ3v) is 3.67. The van der Waals surface area contributed by atoms with Crippen molar-refractivity contribution in [1.29, 1.82) is 0 Å². The SMILES string of the molecule is CCCCCCCCNCC1CC(Cl)C1. The maximum Gasteiger partial charge on any atom is 0.0342 e. The van der Waals surface area contributed by atoms with Gasteiger partial charge in [0.1, 0.15) is 0 Å². The molecule has 0 unspecified atom stereocenters. The molecule has 15 heavy (non-hydrogen) atoms. The summed E-state index contributed by atoms with van der Waals surface area (Å²) in [5.41, 5.74) is 0. The molecule has 0 saturated heterocycles. The van der Waals surface area contributed by atoms with Crippen LogP contribution in [0.25, 0.3) is 0 Å². The molecule has 0 aromatic heterocycles.